The molecule has 0 aliphatic carbocycles. The molecular weight excluding hydrogens is 350 g/mol. The van der Waals surface area contributed by atoms with Crippen molar-refractivity contribution in [1.29, 1.82) is 0 Å². The maximum Gasteiger partial charge on any atom is 0.251 e. The molecule has 0 bridgehead atoms. The minimum absolute atomic E-state index is 0.00818. The Kier molecular flexibility index (Phi) is 5.61. The van der Waals surface area contributed by atoms with Crippen LogP contribution in [0.3, 0.4) is 0 Å². The average molecular weight is 368 g/mol. The van der Waals surface area contributed by atoms with E-state index in [1.807, 2.05) is 25.1 Å². The first-order valence-electron chi connectivity index (χ1n) is 6.82. The molecule has 6 heteroatoms. The lowest BCUT2D eigenvalue weighted by Crippen LogP contribution is -2.10. The zero-order valence-electron chi connectivity index (χ0n) is 12.0. The molecule has 3 N–H and O–H groups in total. The normalized spacial score (nSPS) is 12.4. The van der Waals surface area contributed by atoms with Crippen molar-refractivity contribution in [1.82, 2.24) is 9.97 Å². The quantitative estimate of drug-likeness (QED) is 0.791. The monoisotopic (exact) mass is 367 g/mol. The molecule has 1 heterocycles. The summed E-state index contributed by atoms with van der Waals surface area (Å²) in [6, 6.07) is 7.53. The molecule has 1 atom stereocenters. The molecule has 0 fully saturated rings. The molecule has 0 aliphatic heterocycles. The van der Waals surface area contributed by atoms with E-state index < -0.39 is 0 Å². The fraction of sp³-hybridized carbons (Fsp3) is 0.333. The highest BCUT2D eigenvalue weighted by Crippen LogP contribution is 2.32. The van der Waals surface area contributed by atoms with Gasteiger partial charge >= 0.3 is 0 Å². The van der Waals surface area contributed by atoms with Gasteiger partial charge in [0.2, 0.25) is 0 Å². The number of aryl methyl sites for hydroxylation is 1. The van der Waals surface area contributed by atoms with E-state index in [9.17, 15) is 4.79 Å². The number of aromatic nitrogens is 2. The Hall–Kier alpha value is -1.11. The second-order valence-corrected chi connectivity index (χ2v) is 6.76. The maximum absolute atomic E-state index is 11.7. The molecule has 2 rings (SSSR count). The van der Waals surface area contributed by atoms with Gasteiger partial charge in [-0.3, -0.25) is 4.79 Å². The number of nitrogens with one attached hydrogen (secondary N) is 1. The first-order chi connectivity index (χ1) is 9.99. The standard InChI is InChI=1S/C15H18BrN3OS/c1-3-4-11-8-14(20)19-15(18-11)21-13-6-5-10(9(2)17)7-12(13)16/h5-9H,3-4,17H2,1-2H3,(H,18,19,20)/t9-/m0/s1. The number of hydrogen-bond acceptors (Lipinski definition) is 4. The van der Waals surface area contributed by atoms with Gasteiger partial charge in [-0.1, -0.05) is 31.2 Å². The van der Waals surface area contributed by atoms with E-state index in [0.29, 0.717) is 5.16 Å². The minimum atomic E-state index is -0.112. The minimum Gasteiger partial charge on any atom is -0.324 e. The predicted octanol–water partition coefficient (Wildman–Crippen LogP) is 3.66. The van der Waals surface area contributed by atoms with Crippen molar-refractivity contribution in [2.45, 2.75) is 42.8 Å². The van der Waals surface area contributed by atoms with Gasteiger partial charge in [-0.05, 0) is 47.0 Å². The fourth-order valence-corrected chi connectivity index (χ4v) is 3.36. The van der Waals surface area contributed by atoms with Crippen LogP contribution < -0.4 is 11.3 Å². The van der Waals surface area contributed by atoms with Gasteiger partial charge in [-0.25, -0.2) is 4.98 Å². The van der Waals surface area contributed by atoms with Gasteiger partial charge in [-0.2, -0.15) is 0 Å². The number of benzene rings is 1. The number of nitrogens with zero attached hydrogens (tertiary/aromatic N) is 1. The first kappa shape index (κ1) is 16.3. The summed E-state index contributed by atoms with van der Waals surface area (Å²) in [5, 5.41) is 0.611. The summed E-state index contributed by atoms with van der Waals surface area (Å²) in [6.07, 6.45) is 1.77. The molecule has 21 heavy (non-hydrogen) atoms. The topological polar surface area (TPSA) is 71.8 Å². The molecule has 0 saturated heterocycles. The van der Waals surface area contributed by atoms with Crippen LogP contribution in [0.1, 0.15) is 37.6 Å². The summed E-state index contributed by atoms with van der Waals surface area (Å²) in [5.74, 6) is 0. The van der Waals surface area contributed by atoms with E-state index >= 15 is 0 Å². The molecule has 0 amide bonds. The summed E-state index contributed by atoms with van der Waals surface area (Å²) in [4.78, 5) is 19.9. The van der Waals surface area contributed by atoms with E-state index in [1.54, 1.807) is 6.07 Å². The molecule has 0 spiro atoms. The average Bonchev–Trinajstić information content (AvgIpc) is 2.40. The zero-order valence-corrected chi connectivity index (χ0v) is 14.4. The third-order valence-electron chi connectivity index (χ3n) is 2.97. The third-order valence-corrected chi connectivity index (χ3v) is 4.85. The number of H-pyrrole nitrogens is 1. The Balaban J connectivity index is 2.27. The molecule has 1 aromatic heterocycles. The largest absolute Gasteiger partial charge is 0.324 e. The van der Waals surface area contributed by atoms with Crippen LogP contribution in [0.15, 0.2) is 43.6 Å². The number of rotatable bonds is 5. The van der Waals surface area contributed by atoms with Crippen molar-refractivity contribution in [2.75, 3.05) is 0 Å². The van der Waals surface area contributed by atoms with Crippen LogP contribution in [-0.4, -0.2) is 9.97 Å². The van der Waals surface area contributed by atoms with Crippen LogP contribution >= 0.6 is 27.7 Å². The number of hydrogen-bond donors (Lipinski definition) is 2. The number of nitrogens with two attached hydrogens (primary N) is 1. The Morgan fingerprint density at radius 1 is 1.43 bits per heavy atom. The first-order valence-corrected chi connectivity index (χ1v) is 8.43. The van der Waals surface area contributed by atoms with Crippen molar-refractivity contribution in [2.24, 2.45) is 5.73 Å². The number of aromatic amines is 1. The van der Waals surface area contributed by atoms with E-state index in [4.69, 9.17) is 5.73 Å². The van der Waals surface area contributed by atoms with Crippen LogP contribution in [0.2, 0.25) is 0 Å². The Bertz CT molecular complexity index is 685. The van der Waals surface area contributed by atoms with Crippen LogP contribution in [0, 0.1) is 0 Å². The number of halogens is 1. The second-order valence-electron chi connectivity index (χ2n) is 4.87. The predicted molar refractivity (Wildman–Crippen MR) is 89.7 cm³/mol. The molecule has 0 radical (unpaired) electrons. The highest BCUT2D eigenvalue weighted by atomic mass is 79.9. The van der Waals surface area contributed by atoms with Gasteiger partial charge in [0.05, 0.1) is 0 Å². The van der Waals surface area contributed by atoms with Gasteiger partial charge in [0.15, 0.2) is 5.16 Å². The molecule has 112 valence electrons. The lowest BCUT2D eigenvalue weighted by atomic mass is 10.1. The van der Waals surface area contributed by atoms with E-state index in [0.717, 1.165) is 33.5 Å². The van der Waals surface area contributed by atoms with Crippen molar-refractivity contribution in [3.63, 3.8) is 0 Å². The summed E-state index contributed by atoms with van der Waals surface area (Å²) in [5.41, 5.74) is 7.65. The SMILES string of the molecule is CCCc1cc(=O)[nH]c(Sc2ccc([C@H](C)N)cc2Br)n1. The molecule has 2 aromatic rings. The highest BCUT2D eigenvalue weighted by molar-refractivity contribution is 9.10. The van der Waals surface area contributed by atoms with Gasteiger partial charge < -0.3 is 10.7 Å². The van der Waals surface area contributed by atoms with Gasteiger partial charge in [0.1, 0.15) is 0 Å². The summed E-state index contributed by atoms with van der Waals surface area (Å²) in [6.45, 7) is 4.01. The molecule has 4 nitrogen and oxygen atoms in total. The lowest BCUT2D eigenvalue weighted by Gasteiger charge is -2.09. The maximum atomic E-state index is 11.7. The van der Waals surface area contributed by atoms with Crippen molar-refractivity contribution in [3.8, 4) is 0 Å². The molecule has 1 aromatic carbocycles. The van der Waals surface area contributed by atoms with Crippen molar-refractivity contribution < 1.29 is 0 Å². The smallest absolute Gasteiger partial charge is 0.251 e. The van der Waals surface area contributed by atoms with Gasteiger partial charge in [-0.15, -0.1) is 0 Å². The zero-order chi connectivity index (χ0) is 15.4. The second kappa shape index (κ2) is 7.24. The van der Waals surface area contributed by atoms with E-state index in [2.05, 4.69) is 32.8 Å². The van der Waals surface area contributed by atoms with Crippen molar-refractivity contribution >= 4 is 27.7 Å². The Labute approximate surface area is 136 Å². The van der Waals surface area contributed by atoms with Crippen molar-refractivity contribution in [3.05, 3.63) is 50.3 Å². The lowest BCUT2D eigenvalue weighted by molar-refractivity contribution is 0.813. The summed E-state index contributed by atoms with van der Waals surface area (Å²) >= 11 is 4.98. The third kappa shape index (κ3) is 4.43. The molecule has 0 saturated carbocycles. The fourth-order valence-electron chi connectivity index (χ4n) is 1.90. The van der Waals surface area contributed by atoms with Gasteiger partial charge in [0, 0.05) is 27.2 Å². The Morgan fingerprint density at radius 2 is 2.19 bits per heavy atom. The van der Waals surface area contributed by atoms with E-state index in [-0.39, 0.29) is 11.6 Å². The van der Waals surface area contributed by atoms with Crippen LogP contribution in [0.4, 0.5) is 0 Å². The van der Waals surface area contributed by atoms with Crippen LogP contribution in [0.25, 0.3) is 0 Å². The van der Waals surface area contributed by atoms with Gasteiger partial charge in [0.25, 0.3) is 5.56 Å². The molecule has 0 aliphatic rings. The Morgan fingerprint density at radius 3 is 2.81 bits per heavy atom. The van der Waals surface area contributed by atoms with E-state index in [1.165, 1.54) is 11.8 Å². The summed E-state index contributed by atoms with van der Waals surface area (Å²) < 4.78 is 0.950. The highest BCUT2D eigenvalue weighted by Gasteiger charge is 2.08. The molecule has 0 unspecified atom stereocenters. The van der Waals surface area contributed by atoms with Crippen LogP contribution in [-0.2, 0) is 6.42 Å². The summed E-state index contributed by atoms with van der Waals surface area (Å²) in [7, 11) is 0. The van der Waals surface area contributed by atoms with Crippen LogP contribution in [0.5, 0.6) is 0 Å². The molecular formula is C15H18BrN3OS.